The van der Waals surface area contributed by atoms with Crippen LogP contribution in [0.25, 0.3) is 0 Å². The zero-order valence-electron chi connectivity index (χ0n) is 14.2. The number of thiocarbonyl (C=S) groups is 1. The van der Waals surface area contributed by atoms with Crippen LogP contribution in [-0.4, -0.2) is 47.3 Å². The summed E-state index contributed by atoms with van der Waals surface area (Å²) in [5.74, 6) is -0.411. The van der Waals surface area contributed by atoms with Gasteiger partial charge in [-0.05, 0) is 12.8 Å². The predicted octanol–water partition coefficient (Wildman–Crippen LogP) is -0.343. The van der Waals surface area contributed by atoms with E-state index in [1.165, 1.54) is 0 Å². The number of urea groups is 2. The van der Waals surface area contributed by atoms with Gasteiger partial charge in [-0.2, -0.15) is 9.59 Å². The zero-order chi connectivity index (χ0) is 20.5. The first-order valence-corrected chi connectivity index (χ1v) is 7.93. The van der Waals surface area contributed by atoms with Crippen LogP contribution in [-0.2, 0) is 24.0 Å². The molecule has 0 radical (unpaired) electrons. The highest BCUT2D eigenvalue weighted by Crippen LogP contribution is 2.03. The maximum atomic E-state index is 10.9. The Morgan fingerprint density at radius 3 is 1.50 bits per heavy atom. The maximum absolute atomic E-state index is 10.9. The van der Waals surface area contributed by atoms with E-state index in [0.29, 0.717) is 6.42 Å². The topological polar surface area (TPSA) is 168 Å². The number of carbonyl (C=O) groups is 4. The van der Waals surface area contributed by atoms with Gasteiger partial charge in [-0.15, -0.1) is 0 Å². The number of nitrogens with one attached hydrogen (secondary N) is 4. The van der Waals surface area contributed by atoms with Crippen molar-refractivity contribution >= 4 is 47.5 Å². The first-order chi connectivity index (χ1) is 12.3. The van der Waals surface area contributed by atoms with E-state index in [2.05, 4.69) is 40.4 Å². The molecule has 2 heterocycles. The number of unbranched alkanes of at least 4 members (excludes halogenated alkanes) is 1. The highest BCUT2D eigenvalue weighted by Gasteiger charge is 2.28. The lowest BCUT2D eigenvalue weighted by Gasteiger charge is -2.03. The number of hydrogen-bond donors (Lipinski definition) is 4. The van der Waals surface area contributed by atoms with Crippen LogP contribution >= 0.6 is 12.2 Å². The second kappa shape index (κ2) is 15.6. The maximum Gasteiger partial charge on any atom is 0.373 e. The lowest BCUT2D eigenvalue weighted by atomic mass is 10.1. The monoisotopic (exact) mass is 388 g/mol. The molecule has 6 amide bonds. The molecule has 0 aromatic rings. The van der Waals surface area contributed by atoms with Crippen LogP contribution in [0.15, 0.2) is 0 Å². The van der Waals surface area contributed by atoms with E-state index in [4.69, 9.17) is 14.4 Å². The number of amides is 6. The van der Waals surface area contributed by atoms with E-state index in [-0.39, 0.29) is 42.1 Å². The molecule has 0 bridgehead atoms. The molecule has 2 atom stereocenters. The van der Waals surface area contributed by atoms with E-state index in [1.807, 2.05) is 6.92 Å². The van der Waals surface area contributed by atoms with Gasteiger partial charge in [-0.1, -0.05) is 26.7 Å². The van der Waals surface area contributed by atoms with Gasteiger partial charge in [-0.25, -0.2) is 14.4 Å². The summed E-state index contributed by atoms with van der Waals surface area (Å²) >= 11 is 3.59. The molecule has 0 aliphatic carbocycles. The second-order valence-corrected chi connectivity index (χ2v) is 4.91. The summed E-state index contributed by atoms with van der Waals surface area (Å²) in [7, 11) is 0. The molecule has 12 heteroatoms. The van der Waals surface area contributed by atoms with Crippen molar-refractivity contribution in [2.75, 3.05) is 0 Å². The minimum atomic E-state index is -0.383. The quantitative estimate of drug-likeness (QED) is 0.374. The molecular formula is C14H20N4O7S. The Morgan fingerprint density at radius 2 is 1.27 bits per heavy atom. The van der Waals surface area contributed by atoms with Crippen LogP contribution in [0, 0.1) is 0 Å². The number of carbonyl (C=O) groups excluding carboxylic acids is 7. The minimum Gasteiger partial charge on any atom is -0.326 e. The fourth-order valence-electron chi connectivity index (χ4n) is 1.82. The molecule has 0 aromatic carbocycles. The molecule has 11 nitrogen and oxygen atoms in total. The van der Waals surface area contributed by atoms with Crippen molar-refractivity contribution in [3.63, 3.8) is 0 Å². The Morgan fingerprint density at radius 1 is 0.885 bits per heavy atom. The first kappa shape index (κ1) is 25.3. The molecule has 0 aromatic heterocycles. The van der Waals surface area contributed by atoms with Gasteiger partial charge in [0, 0.05) is 12.2 Å². The summed E-state index contributed by atoms with van der Waals surface area (Å²) in [6.45, 7) is 3.89. The predicted molar refractivity (Wildman–Crippen MR) is 89.0 cm³/mol. The Labute approximate surface area is 154 Å². The third kappa shape index (κ3) is 11.6. The normalized spacial score (nSPS) is 19.3. The second-order valence-electron chi connectivity index (χ2n) is 4.75. The molecule has 144 valence electrons. The minimum absolute atomic E-state index is 0.191. The number of hydrogen-bond acceptors (Lipinski definition) is 8. The first-order valence-electron chi connectivity index (χ1n) is 7.52. The Kier molecular flexibility index (Phi) is 15.2. The standard InChI is InChI=1S/C7H12N2O2.C5H8N2O2.CO2.COS/c1-2-3-4-5-6(10)9-7(11)8-5;1-2-3-4(8)7-5(9)6-3;2*2-1-3/h5H,2-4H2,1H3,(H2,8,9,10,11);3H,2H2,1H3,(H2,6,7,8,9);;/t5-;3-;;/m00../s1. The molecular weight excluding hydrogens is 368 g/mol. The molecule has 26 heavy (non-hydrogen) atoms. The van der Waals surface area contributed by atoms with Crippen LogP contribution in [0.5, 0.6) is 0 Å². The van der Waals surface area contributed by atoms with E-state index < -0.39 is 0 Å². The van der Waals surface area contributed by atoms with E-state index in [9.17, 15) is 19.2 Å². The van der Waals surface area contributed by atoms with Crippen LogP contribution in [0.4, 0.5) is 9.59 Å². The van der Waals surface area contributed by atoms with E-state index in [1.54, 1.807) is 0 Å². The van der Waals surface area contributed by atoms with Gasteiger partial charge in [0.25, 0.3) is 11.8 Å². The molecule has 0 saturated carbocycles. The van der Waals surface area contributed by atoms with Crippen LogP contribution in [0.2, 0.25) is 0 Å². The fourth-order valence-corrected chi connectivity index (χ4v) is 1.82. The largest absolute Gasteiger partial charge is 0.373 e. The average molecular weight is 388 g/mol. The van der Waals surface area contributed by atoms with Crippen molar-refractivity contribution < 1.29 is 33.6 Å². The summed E-state index contributed by atoms with van der Waals surface area (Å²) in [6.07, 6.45) is 3.66. The molecule has 2 aliphatic rings. The van der Waals surface area contributed by atoms with Gasteiger partial charge >= 0.3 is 18.2 Å². The molecule has 0 unspecified atom stereocenters. The molecule has 2 aliphatic heterocycles. The summed E-state index contributed by atoms with van der Waals surface area (Å²) in [5, 5.41) is 10.4. The van der Waals surface area contributed by atoms with Crippen molar-refractivity contribution in [2.45, 2.75) is 51.6 Å². The Hall–Kier alpha value is -2.94. The third-order valence-corrected chi connectivity index (χ3v) is 2.97. The van der Waals surface area contributed by atoms with Gasteiger partial charge in [0.1, 0.15) is 12.1 Å². The Bertz CT molecular complexity index is 558. The van der Waals surface area contributed by atoms with E-state index in [0.717, 1.165) is 24.5 Å². The molecule has 2 saturated heterocycles. The zero-order valence-corrected chi connectivity index (χ0v) is 15.1. The highest BCUT2D eigenvalue weighted by atomic mass is 32.1. The van der Waals surface area contributed by atoms with Crippen LogP contribution in [0.1, 0.15) is 39.5 Å². The number of rotatable bonds is 4. The lowest BCUT2D eigenvalue weighted by molar-refractivity contribution is -0.191. The molecule has 2 fully saturated rings. The number of imide groups is 2. The summed E-state index contributed by atoms with van der Waals surface area (Å²) < 4.78 is 0. The smallest absolute Gasteiger partial charge is 0.326 e. The van der Waals surface area contributed by atoms with Crippen LogP contribution in [0.3, 0.4) is 0 Å². The Balaban J connectivity index is 0. The SMILES string of the molecule is CCCC[C@@H]1NC(=O)NC1=O.CC[C@@H]1NC(=O)NC1=O.O=C=O.O=C=S. The molecule has 4 N–H and O–H groups in total. The summed E-state index contributed by atoms with van der Waals surface area (Å²) in [6, 6.07) is -1.34. The van der Waals surface area contributed by atoms with Crippen LogP contribution < -0.4 is 21.3 Å². The van der Waals surface area contributed by atoms with Crippen molar-refractivity contribution in [3.05, 3.63) is 0 Å². The average Bonchev–Trinajstić information content (AvgIpc) is 3.07. The van der Waals surface area contributed by atoms with Crippen molar-refractivity contribution in [2.24, 2.45) is 0 Å². The summed E-state index contributed by atoms with van der Waals surface area (Å²) in [4.78, 5) is 67.2. The van der Waals surface area contributed by atoms with Crippen molar-refractivity contribution in [1.82, 2.24) is 21.3 Å². The van der Waals surface area contributed by atoms with Gasteiger partial charge in [-0.3, -0.25) is 20.2 Å². The van der Waals surface area contributed by atoms with Gasteiger partial charge in [0.05, 0.1) is 0 Å². The molecule has 2 rings (SSSR count). The molecule has 0 spiro atoms. The van der Waals surface area contributed by atoms with Crippen molar-refractivity contribution in [3.8, 4) is 0 Å². The van der Waals surface area contributed by atoms with E-state index >= 15 is 0 Å². The fraction of sp³-hybridized carbons (Fsp3) is 0.571. The van der Waals surface area contributed by atoms with Gasteiger partial charge in [0.2, 0.25) is 5.23 Å². The lowest BCUT2D eigenvalue weighted by Crippen LogP contribution is -2.28. The summed E-state index contributed by atoms with van der Waals surface area (Å²) in [5.41, 5.74) is 0. The van der Waals surface area contributed by atoms with Gasteiger partial charge in [0.15, 0.2) is 0 Å². The van der Waals surface area contributed by atoms with Crippen molar-refractivity contribution in [1.29, 1.82) is 0 Å². The highest BCUT2D eigenvalue weighted by molar-refractivity contribution is 7.78. The third-order valence-electron chi connectivity index (χ3n) is 2.97. The van der Waals surface area contributed by atoms with Gasteiger partial charge < -0.3 is 10.6 Å².